The van der Waals surface area contributed by atoms with Crippen LogP contribution in [0.25, 0.3) is 0 Å². The van der Waals surface area contributed by atoms with Crippen LogP contribution in [0.2, 0.25) is 0 Å². The minimum Gasteiger partial charge on any atom is -0.293 e. The highest BCUT2D eigenvalue weighted by Crippen LogP contribution is 2.55. The third kappa shape index (κ3) is 1.95. The van der Waals surface area contributed by atoms with Crippen molar-refractivity contribution in [1.82, 2.24) is 14.8 Å². The highest BCUT2D eigenvalue weighted by Gasteiger charge is 2.54. The summed E-state index contributed by atoms with van der Waals surface area (Å²) in [6.45, 7) is 0.937. The summed E-state index contributed by atoms with van der Waals surface area (Å²) in [5.74, 6) is 3.22. The Bertz CT molecular complexity index is 474. The molecule has 5 nitrogen and oxygen atoms in total. The van der Waals surface area contributed by atoms with Crippen LogP contribution in [0.5, 0.6) is 0 Å². The van der Waals surface area contributed by atoms with Gasteiger partial charge in [0, 0.05) is 18.9 Å². The van der Waals surface area contributed by atoms with Gasteiger partial charge in [-0.2, -0.15) is 4.98 Å². The molecule has 102 valence electrons. The molecule has 2 heterocycles. The van der Waals surface area contributed by atoms with E-state index in [0.717, 1.165) is 25.2 Å². The molecule has 1 aromatic rings. The first-order valence-electron chi connectivity index (χ1n) is 7.57. The predicted molar refractivity (Wildman–Crippen MR) is 70.5 cm³/mol. The summed E-state index contributed by atoms with van der Waals surface area (Å²) in [5, 5.41) is 7.33. The molecular weight excluding hydrogens is 240 g/mol. The number of anilines is 1. The number of aromatic nitrogens is 3. The normalized spacial score (nSPS) is 32.3. The van der Waals surface area contributed by atoms with Crippen LogP contribution in [-0.4, -0.2) is 20.7 Å². The first-order valence-corrected chi connectivity index (χ1v) is 7.57. The summed E-state index contributed by atoms with van der Waals surface area (Å²) < 4.78 is 1.94. The number of hydrogen-bond acceptors (Lipinski definition) is 3. The minimum absolute atomic E-state index is 0.153. The van der Waals surface area contributed by atoms with Gasteiger partial charge in [0.15, 0.2) is 0 Å². The topological polar surface area (TPSA) is 59.8 Å². The summed E-state index contributed by atoms with van der Waals surface area (Å²) in [5.41, 5.74) is 0. The van der Waals surface area contributed by atoms with Gasteiger partial charge in [-0.3, -0.25) is 10.1 Å². The Morgan fingerprint density at radius 2 is 1.95 bits per heavy atom. The number of nitrogens with zero attached hydrogens (tertiary/aromatic N) is 3. The standard InChI is InChI=1S/C14H20N4O/c19-13(12-9-5-1-2-6-10(9)12)16-14-15-11-7-3-4-8-18(11)17-14/h9-10,12H,1-8H2,(H,16,17,19). The van der Waals surface area contributed by atoms with Crippen molar-refractivity contribution in [2.45, 2.75) is 51.5 Å². The molecule has 1 aromatic heterocycles. The maximum Gasteiger partial charge on any atom is 0.248 e. The maximum atomic E-state index is 12.3. The summed E-state index contributed by atoms with van der Waals surface area (Å²) in [6.07, 6.45) is 8.38. The van der Waals surface area contributed by atoms with E-state index in [1.165, 1.54) is 32.1 Å². The number of carbonyl (C=O) groups is 1. The van der Waals surface area contributed by atoms with Gasteiger partial charge in [0.05, 0.1) is 0 Å². The van der Waals surface area contributed by atoms with Crippen molar-refractivity contribution < 1.29 is 4.79 Å². The fourth-order valence-corrected chi connectivity index (χ4v) is 3.91. The van der Waals surface area contributed by atoms with Crippen molar-refractivity contribution in [3.05, 3.63) is 5.82 Å². The Morgan fingerprint density at radius 1 is 1.16 bits per heavy atom. The van der Waals surface area contributed by atoms with Crippen molar-refractivity contribution >= 4 is 11.9 Å². The molecule has 1 aliphatic heterocycles. The number of amides is 1. The van der Waals surface area contributed by atoms with Crippen molar-refractivity contribution in [3.8, 4) is 0 Å². The van der Waals surface area contributed by atoms with Gasteiger partial charge in [0.2, 0.25) is 11.9 Å². The van der Waals surface area contributed by atoms with Crippen LogP contribution in [-0.2, 0) is 17.8 Å². The van der Waals surface area contributed by atoms with E-state index in [-0.39, 0.29) is 11.8 Å². The van der Waals surface area contributed by atoms with Crippen molar-refractivity contribution in [2.75, 3.05) is 5.32 Å². The molecule has 0 radical (unpaired) electrons. The monoisotopic (exact) mass is 260 g/mol. The molecule has 1 N–H and O–H groups in total. The van der Waals surface area contributed by atoms with E-state index in [0.29, 0.717) is 17.8 Å². The van der Waals surface area contributed by atoms with Gasteiger partial charge in [0.1, 0.15) is 5.82 Å². The third-order valence-corrected chi connectivity index (χ3v) is 4.96. The van der Waals surface area contributed by atoms with E-state index in [1.807, 2.05) is 4.68 Å². The van der Waals surface area contributed by atoms with Gasteiger partial charge < -0.3 is 0 Å². The molecule has 5 heteroatoms. The zero-order valence-corrected chi connectivity index (χ0v) is 11.1. The average molecular weight is 260 g/mol. The highest BCUT2D eigenvalue weighted by molar-refractivity contribution is 5.93. The lowest BCUT2D eigenvalue weighted by molar-refractivity contribution is -0.117. The van der Waals surface area contributed by atoms with Gasteiger partial charge in [0.25, 0.3) is 0 Å². The number of hydrogen-bond donors (Lipinski definition) is 1. The first kappa shape index (κ1) is 11.4. The summed E-state index contributed by atoms with van der Waals surface area (Å²) in [6, 6.07) is 0. The fourth-order valence-electron chi connectivity index (χ4n) is 3.91. The molecule has 0 bridgehead atoms. The van der Waals surface area contributed by atoms with Crippen LogP contribution in [0.1, 0.15) is 44.3 Å². The second-order valence-corrected chi connectivity index (χ2v) is 6.16. The molecule has 19 heavy (non-hydrogen) atoms. The second-order valence-electron chi connectivity index (χ2n) is 6.16. The largest absolute Gasteiger partial charge is 0.293 e. The molecule has 1 amide bonds. The highest BCUT2D eigenvalue weighted by atomic mass is 16.2. The van der Waals surface area contributed by atoms with Gasteiger partial charge >= 0.3 is 0 Å². The number of rotatable bonds is 2. The van der Waals surface area contributed by atoms with Crippen LogP contribution < -0.4 is 5.32 Å². The molecule has 2 atom stereocenters. The van der Waals surface area contributed by atoms with E-state index in [1.54, 1.807) is 0 Å². The van der Waals surface area contributed by atoms with E-state index in [2.05, 4.69) is 15.4 Å². The maximum absolute atomic E-state index is 12.3. The lowest BCUT2D eigenvalue weighted by Crippen LogP contribution is -2.16. The molecule has 0 aromatic carbocycles. The van der Waals surface area contributed by atoms with Crippen LogP contribution >= 0.6 is 0 Å². The Balaban J connectivity index is 1.44. The Morgan fingerprint density at radius 3 is 2.68 bits per heavy atom. The smallest absolute Gasteiger partial charge is 0.248 e. The van der Waals surface area contributed by atoms with E-state index in [9.17, 15) is 4.79 Å². The summed E-state index contributed by atoms with van der Waals surface area (Å²) >= 11 is 0. The van der Waals surface area contributed by atoms with Gasteiger partial charge in [-0.15, -0.1) is 5.10 Å². The van der Waals surface area contributed by atoms with E-state index in [4.69, 9.17) is 0 Å². The number of fused-ring (bicyclic) bond motifs is 2. The zero-order chi connectivity index (χ0) is 12.8. The Kier molecular flexibility index (Phi) is 2.60. The SMILES string of the molecule is O=C(Nc1nc2n(n1)CCCC2)C1C2CCCCC21. The molecule has 2 aliphatic carbocycles. The van der Waals surface area contributed by atoms with Crippen LogP contribution in [0.15, 0.2) is 0 Å². The fraction of sp³-hybridized carbons (Fsp3) is 0.786. The molecular formula is C14H20N4O. The molecule has 4 rings (SSSR count). The number of carbonyl (C=O) groups excluding carboxylic acids is 1. The molecule has 0 spiro atoms. The molecule has 3 aliphatic rings. The van der Waals surface area contributed by atoms with Crippen LogP contribution in [0, 0.1) is 17.8 Å². The van der Waals surface area contributed by atoms with E-state index >= 15 is 0 Å². The van der Waals surface area contributed by atoms with Gasteiger partial charge in [-0.05, 0) is 37.5 Å². The molecule has 2 unspecified atom stereocenters. The van der Waals surface area contributed by atoms with Gasteiger partial charge in [-0.1, -0.05) is 12.8 Å². The van der Waals surface area contributed by atoms with Crippen LogP contribution in [0.4, 0.5) is 5.95 Å². The van der Waals surface area contributed by atoms with Crippen molar-refractivity contribution in [3.63, 3.8) is 0 Å². The predicted octanol–water partition coefficient (Wildman–Crippen LogP) is 1.99. The zero-order valence-electron chi connectivity index (χ0n) is 11.1. The second kappa shape index (κ2) is 4.32. The summed E-state index contributed by atoms with van der Waals surface area (Å²) in [4.78, 5) is 16.7. The Labute approximate surface area is 112 Å². The molecule has 2 saturated carbocycles. The lowest BCUT2D eigenvalue weighted by atomic mass is 10.0. The third-order valence-electron chi connectivity index (χ3n) is 4.96. The van der Waals surface area contributed by atoms with Crippen molar-refractivity contribution in [2.24, 2.45) is 17.8 Å². The van der Waals surface area contributed by atoms with E-state index < -0.39 is 0 Å². The first-order chi connectivity index (χ1) is 9.33. The van der Waals surface area contributed by atoms with Crippen molar-refractivity contribution in [1.29, 1.82) is 0 Å². The lowest BCUT2D eigenvalue weighted by Gasteiger charge is -2.09. The van der Waals surface area contributed by atoms with Gasteiger partial charge in [-0.25, -0.2) is 4.68 Å². The quantitative estimate of drug-likeness (QED) is 0.884. The summed E-state index contributed by atoms with van der Waals surface area (Å²) in [7, 11) is 0. The number of nitrogens with one attached hydrogen (secondary N) is 1. The number of aryl methyl sites for hydroxylation is 2. The molecule has 0 saturated heterocycles. The average Bonchev–Trinajstić information content (AvgIpc) is 3.02. The molecule has 2 fully saturated rings. The Hall–Kier alpha value is -1.39. The minimum atomic E-state index is 0.153. The van der Waals surface area contributed by atoms with Crippen LogP contribution in [0.3, 0.4) is 0 Å².